The first-order valence-electron chi connectivity index (χ1n) is 5.98. The molecule has 0 aromatic heterocycles. The molecule has 19 heavy (non-hydrogen) atoms. The van der Waals surface area contributed by atoms with E-state index in [-0.39, 0.29) is 15.4 Å². The van der Waals surface area contributed by atoms with E-state index in [9.17, 15) is 12.8 Å². The fraction of sp³-hybridized carbons (Fsp3) is 0.500. The monoisotopic (exact) mass is 350 g/mol. The van der Waals surface area contributed by atoms with E-state index in [0.29, 0.717) is 19.6 Å². The smallest absolute Gasteiger partial charge is 0.244 e. The second kappa shape index (κ2) is 5.47. The summed E-state index contributed by atoms with van der Waals surface area (Å²) in [6.07, 6.45) is 0. The molecule has 1 aliphatic heterocycles. The van der Waals surface area contributed by atoms with Crippen molar-refractivity contribution >= 4 is 26.0 Å². The van der Waals surface area contributed by atoms with Crippen molar-refractivity contribution in [2.75, 3.05) is 26.7 Å². The number of hydrogen-bond acceptors (Lipinski definition) is 3. The molecular formula is C12H16BrFN2O2S. The first kappa shape index (κ1) is 14.9. The van der Waals surface area contributed by atoms with Crippen molar-refractivity contribution in [1.29, 1.82) is 0 Å². The third-order valence-corrected chi connectivity index (χ3v) is 6.28. The van der Waals surface area contributed by atoms with Gasteiger partial charge in [0.15, 0.2) is 0 Å². The lowest BCUT2D eigenvalue weighted by Crippen LogP contribution is -2.51. The minimum atomic E-state index is -3.57. The van der Waals surface area contributed by atoms with Crippen LogP contribution in [0.3, 0.4) is 0 Å². The maximum atomic E-state index is 13.0. The van der Waals surface area contributed by atoms with Crippen molar-refractivity contribution < 1.29 is 12.8 Å². The maximum Gasteiger partial charge on any atom is 0.244 e. The fourth-order valence-electron chi connectivity index (χ4n) is 2.06. The number of benzene rings is 1. The van der Waals surface area contributed by atoms with E-state index in [2.05, 4.69) is 20.8 Å². The SMILES string of the molecule is CC1CN(S(=O)(=O)c2ccc(F)cc2Br)CCN1C. The third-order valence-electron chi connectivity index (χ3n) is 3.43. The van der Waals surface area contributed by atoms with E-state index in [0.717, 1.165) is 6.07 Å². The molecule has 1 fully saturated rings. The van der Waals surface area contributed by atoms with Crippen LogP contribution < -0.4 is 0 Å². The van der Waals surface area contributed by atoms with Crippen LogP contribution in [0, 0.1) is 5.82 Å². The van der Waals surface area contributed by atoms with Crippen molar-refractivity contribution in [2.24, 2.45) is 0 Å². The van der Waals surface area contributed by atoms with Gasteiger partial charge in [0.25, 0.3) is 0 Å². The zero-order valence-corrected chi connectivity index (χ0v) is 13.2. The highest BCUT2D eigenvalue weighted by atomic mass is 79.9. The molecule has 0 bridgehead atoms. The number of likely N-dealkylation sites (N-methyl/N-ethyl adjacent to an activating group) is 1. The lowest BCUT2D eigenvalue weighted by molar-refractivity contribution is 0.159. The molecule has 106 valence electrons. The van der Waals surface area contributed by atoms with Crippen molar-refractivity contribution in [3.8, 4) is 0 Å². The average Bonchev–Trinajstić information content (AvgIpc) is 2.32. The Morgan fingerprint density at radius 2 is 2.05 bits per heavy atom. The quantitative estimate of drug-likeness (QED) is 0.817. The van der Waals surface area contributed by atoms with Gasteiger partial charge in [0.1, 0.15) is 5.82 Å². The predicted octanol–water partition coefficient (Wildman–Crippen LogP) is 1.91. The molecule has 1 atom stereocenters. The summed E-state index contributed by atoms with van der Waals surface area (Å²) in [5, 5.41) is 0. The first-order chi connectivity index (χ1) is 8.82. The standard InChI is InChI=1S/C12H16BrFN2O2S/c1-9-8-16(6-5-15(9)2)19(17,18)12-4-3-10(14)7-11(12)13/h3-4,7,9H,5-6,8H2,1-2H3. The Bertz CT molecular complexity index is 579. The van der Waals surface area contributed by atoms with Crippen LogP contribution in [-0.4, -0.2) is 50.3 Å². The van der Waals surface area contributed by atoms with Gasteiger partial charge in [-0.25, -0.2) is 12.8 Å². The number of piperazine rings is 1. The highest BCUT2D eigenvalue weighted by molar-refractivity contribution is 9.10. The molecule has 0 radical (unpaired) electrons. The molecule has 2 rings (SSSR count). The minimum absolute atomic E-state index is 0.116. The molecule has 4 nitrogen and oxygen atoms in total. The molecule has 0 N–H and O–H groups in total. The third kappa shape index (κ3) is 2.99. The van der Waals surface area contributed by atoms with Gasteiger partial charge in [-0.1, -0.05) is 0 Å². The normalized spacial score (nSPS) is 22.6. The summed E-state index contributed by atoms with van der Waals surface area (Å²) in [5.74, 6) is -0.461. The Labute approximate surface area is 121 Å². The van der Waals surface area contributed by atoms with Gasteiger partial charge in [-0.05, 0) is 48.1 Å². The zero-order valence-electron chi connectivity index (χ0n) is 10.8. The van der Waals surface area contributed by atoms with Gasteiger partial charge in [-0.2, -0.15) is 4.31 Å². The van der Waals surface area contributed by atoms with E-state index in [1.54, 1.807) is 0 Å². The molecule has 0 spiro atoms. The Morgan fingerprint density at radius 1 is 1.37 bits per heavy atom. The summed E-state index contributed by atoms with van der Waals surface area (Å²) in [6, 6.07) is 3.81. The van der Waals surface area contributed by atoms with Crippen LogP contribution in [0.5, 0.6) is 0 Å². The Kier molecular flexibility index (Phi) is 4.29. The van der Waals surface area contributed by atoms with Crippen molar-refractivity contribution in [3.05, 3.63) is 28.5 Å². The number of rotatable bonds is 2. The molecule has 1 saturated heterocycles. The summed E-state index contributed by atoms with van der Waals surface area (Å²) >= 11 is 3.12. The molecule has 7 heteroatoms. The molecule has 1 aromatic rings. The van der Waals surface area contributed by atoms with Crippen LogP contribution in [0.1, 0.15) is 6.92 Å². The molecule has 1 unspecified atom stereocenters. The van der Waals surface area contributed by atoms with Gasteiger partial charge in [-0.15, -0.1) is 0 Å². The van der Waals surface area contributed by atoms with Gasteiger partial charge < -0.3 is 4.90 Å². The minimum Gasteiger partial charge on any atom is -0.301 e. The molecule has 1 aliphatic rings. The predicted molar refractivity (Wildman–Crippen MR) is 75.0 cm³/mol. The molecular weight excluding hydrogens is 335 g/mol. The van der Waals surface area contributed by atoms with Crippen LogP contribution in [-0.2, 0) is 10.0 Å². The summed E-state index contributed by atoms with van der Waals surface area (Å²) < 4.78 is 39.8. The Morgan fingerprint density at radius 3 is 2.63 bits per heavy atom. The van der Waals surface area contributed by atoms with Crippen LogP contribution in [0.25, 0.3) is 0 Å². The number of hydrogen-bond donors (Lipinski definition) is 0. The topological polar surface area (TPSA) is 40.6 Å². The summed E-state index contributed by atoms with van der Waals surface area (Å²) in [4.78, 5) is 2.23. The maximum absolute atomic E-state index is 13.0. The van der Waals surface area contributed by atoms with Crippen molar-refractivity contribution in [1.82, 2.24) is 9.21 Å². The zero-order chi connectivity index (χ0) is 14.2. The second-order valence-electron chi connectivity index (χ2n) is 4.77. The van der Waals surface area contributed by atoms with E-state index in [4.69, 9.17) is 0 Å². The molecule has 0 aliphatic carbocycles. The van der Waals surface area contributed by atoms with E-state index in [1.807, 2.05) is 14.0 Å². The summed E-state index contributed by atoms with van der Waals surface area (Å²) in [7, 11) is -1.60. The Hall–Kier alpha value is -0.500. The fourth-order valence-corrected chi connectivity index (χ4v) is 4.58. The molecule has 1 heterocycles. The lowest BCUT2D eigenvalue weighted by atomic mass is 10.2. The first-order valence-corrected chi connectivity index (χ1v) is 8.21. The van der Waals surface area contributed by atoms with Crippen LogP contribution in [0.2, 0.25) is 0 Å². The number of halogens is 2. The van der Waals surface area contributed by atoms with Crippen LogP contribution >= 0.6 is 15.9 Å². The largest absolute Gasteiger partial charge is 0.301 e. The summed E-state index contributed by atoms with van der Waals surface area (Å²) in [5.41, 5.74) is 0. The Balaban J connectivity index is 2.32. The summed E-state index contributed by atoms with van der Waals surface area (Å²) in [6.45, 7) is 3.58. The molecule has 0 saturated carbocycles. The van der Waals surface area contributed by atoms with Gasteiger partial charge in [0, 0.05) is 30.1 Å². The van der Waals surface area contributed by atoms with Gasteiger partial charge >= 0.3 is 0 Å². The van der Waals surface area contributed by atoms with E-state index >= 15 is 0 Å². The second-order valence-corrected chi connectivity index (χ2v) is 7.53. The van der Waals surface area contributed by atoms with Crippen molar-refractivity contribution in [2.45, 2.75) is 17.9 Å². The average molecular weight is 351 g/mol. The van der Waals surface area contributed by atoms with E-state index in [1.165, 1.54) is 16.4 Å². The molecule has 1 aromatic carbocycles. The van der Waals surface area contributed by atoms with Gasteiger partial charge in [-0.3, -0.25) is 0 Å². The van der Waals surface area contributed by atoms with Crippen molar-refractivity contribution in [3.63, 3.8) is 0 Å². The van der Waals surface area contributed by atoms with E-state index < -0.39 is 15.8 Å². The van der Waals surface area contributed by atoms with Crippen LogP contribution in [0.4, 0.5) is 4.39 Å². The van der Waals surface area contributed by atoms with Gasteiger partial charge in [0.05, 0.1) is 4.90 Å². The highest BCUT2D eigenvalue weighted by Gasteiger charge is 2.31. The van der Waals surface area contributed by atoms with Gasteiger partial charge in [0.2, 0.25) is 10.0 Å². The highest BCUT2D eigenvalue weighted by Crippen LogP contribution is 2.27. The number of nitrogens with zero attached hydrogens (tertiary/aromatic N) is 2. The molecule has 0 amide bonds. The number of sulfonamides is 1. The lowest BCUT2D eigenvalue weighted by Gasteiger charge is -2.36. The van der Waals surface area contributed by atoms with Crippen LogP contribution in [0.15, 0.2) is 27.6 Å².